The molecule has 0 unspecified atom stereocenters. The van der Waals surface area contributed by atoms with Gasteiger partial charge in [0.05, 0.1) is 10.0 Å². The highest BCUT2D eigenvalue weighted by Crippen LogP contribution is 2.23. The molecular formula is C16H11Cl2NO3. The van der Waals surface area contributed by atoms with E-state index in [-0.39, 0.29) is 5.91 Å². The van der Waals surface area contributed by atoms with Gasteiger partial charge in [-0.3, -0.25) is 4.79 Å². The first-order chi connectivity index (χ1) is 10.5. The van der Waals surface area contributed by atoms with Crippen LogP contribution >= 0.6 is 23.2 Å². The third-order valence-corrected chi connectivity index (χ3v) is 3.48. The van der Waals surface area contributed by atoms with Gasteiger partial charge in [-0.1, -0.05) is 35.3 Å². The van der Waals surface area contributed by atoms with Crippen molar-refractivity contribution in [1.82, 2.24) is 0 Å². The normalized spacial score (nSPS) is 10.6. The van der Waals surface area contributed by atoms with E-state index in [0.29, 0.717) is 26.9 Å². The highest BCUT2D eigenvalue weighted by Gasteiger charge is 2.08. The number of benzene rings is 2. The second kappa shape index (κ2) is 7.11. The Morgan fingerprint density at radius 3 is 2.50 bits per heavy atom. The van der Waals surface area contributed by atoms with E-state index >= 15 is 0 Å². The summed E-state index contributed by atoms with van der Waals surface area (Å²) in [6.45, 7) is 0. The Bertz CT molecular complexity index is 757. The zero-order chi connectivity index (χ0) is 16.1. The van der Waals surface area contributed by atoms with Gasteiger partial charge in [-0.15, -0.1) is 0 Å². The van der Waals surface area contributed by atoms with Crippen LogP contribution < -0.4 is 5.32 Å². The molecule has 22 heavy (non-hydrogen) atoms. The van der Waals surface area contributed by atoms with Crippen LogP contribution in [-0.2, 0) is 4.79 Å². The van der Waals surface area contributed by atoms with Crippen LogP contribution in [0.4, 0.5) is 5.69 Å². The van der Waals surface area contributed by atoms with Crippen LogP contribution in [0, 0.1) is 0 Å². The van der Waals surface area contributed by atoms with Crippen LogP contribution in [0.3, 0.4) is 0 Å². The van der Waals surface area contributed by atoms with Crippen molar-refractivity contribution in [3.05, 3.63) is 69.7 Å². The van der Waals surface area contributed by atoms with Gasteiger partial charge in [-0.05, 0) is 42.0 Å². The first kappa shape index (κ1) is 16.1. The van der Waals surface area contributed by atoms with Crippen molar-refractivity contribution >= 4 is 46.8 Å². The molecule has 0 saturated carbocycles. The molecule has 0 fully saturated rings. The van der Waals surface area contributed by atoms with E-state index in [1.165, 1.54) is 12.1 Å². The van der Waals surface area contributed by atoms with E-state index < -0.39 is 5.97 Å². The molecule has 4 nitrogen and oxygen atoms in total. The maximum absolute atomic E-state index is 12.1. The first-order valence-electron chi connectivity index (χ1n) is 6.23. The lowest BCUT2D eigenvalue weighted by Gasteiger charge is -2.07. The fraction of sp³-hybridized carbons (Fsp3) is 0. The van der Waals surface area contributed by atoms with Gasteiger partial charge in [0.25, 0.3) is 5.91 Å². The molecule has 2 aromatic carbocycles. The predicted octanol–water partition coefficient (Wildman–Crippen LogP) is 4.34. The molecule has 2 rings (SSSR count). The Kier molecular flexibility index (Phi) is 5.20. The minimum atomic E-state index is -1.04. The zero-order valence-corrected chi connectivity index (χ0v) is 12.7. The average molecular weight is 336 g/mol. The summed E-state index contributed by atoms with van der Waals surface area (Å²) >= 11 is 11.7. The summed E-state index contributed by atoms with van der Waals surface area (Å²) in [4.78, 5) is 22.6. The van der Waals surface area contributed by atoms with E-state index in [4.69, 9.17) is 28.3 Å². The van der Waals surface area contributed by atoms with E-state index in [1.54, 1.807) is 36.4 Å². The molecule has 6 heteroatoms. The number of hydrogen-bond acceptors (Lipinski definition) is 2. The fourth-order valence-corrected chi connectivity index (χ4v) is 2.03. The standard InChI is InChI=1S/C16H11Cl2NO3/c17-13-6-5-11(9-14(13)18)16(22)19-12-3-1-2-10(8-12)4-7-15(20)21/h1-9H,(H,19,22)(H,20,21)/b7-4+. The van der Waals surface area contributed by atoms with Gasteiger partial charge in [-0.25, -0.2) is 4.79 Å². The van der Waals surface area contributed by atoms with Gasteiger partial charge in [0.15, 0.2) is 0 Å². The molecule has 1 amide bonds. The number of carbonyl (C=O) groups excluding carboxylic acids is 1. The fourth-order valence-electron chi connectivity index (χ4n) is 1.73. The van der Waals surface area contributed by atoms with Gasteiger partial charge in [0, 0.05) is 17.3 Å². The highest BCUT2D eigenvalue weighted by molar-refractivity contribution is 6.42. The number of hydrogen-bond donors (Lipinski definition) is 2. The third kappa shape index (κ3) is 4.35. The summed E-state index contributed by atoms with van der Waals surface area (Å²) in [5.74, 6) is -1.37. The lowest BCUT2D eigenvalue weighted by atomic mass is 10.1. The number of halogens is 2. The molecule has 2 N–H and O–H groups in total. The Morgan fingerprint density at radius 2 is 1.82 bits per heavy atom. The Balaban J connectivity index is 2.16. The van der Waals surface area contributed by atoms with Crippen LogP contribution in [-0.4, -0.2) is 17.0 Å². The molecule has 0 heterocycles. The van der Waals surface area contributed by atoms with Crippen molar-refractivity contribution in [2.24, 2.45) is 0 Å². The molecule has 0 atom stereocenters. The summed E-state index contributed by atoms with van der Waals surface area (Å²) in [5.41, 5.74) is 1.58. The summed E-state index contributed by atoms with van der Waals surface area (Å²) < 4.78 is 0. The quantitative estimate of drug-likeness (QED) is 0.816. The molecule has 0 aliphatic heterocycles. The Hall–Kier alpha value is -2.30. The minimum absolute atomic E-state index is 0.299. The van der Waals surface area contributed by atoms with E-state index in [2.05, 4.69) is 5.32 Å². The monoisotopic (exact) mass is 335 g/mol. The first-order valence-corrected chi connectivity index (χ1v) is 6.99. The maximum atomic E-state index is 12.1. The number of aliphatic carboxylic acids is 1. The summed E-state index contributed by atoms with van der Waals surface area (Å²) in [6, 6.07) is 11.4. The number of carboxylic acids is 1. The zero-order valence-electron chi connectivity index (χ0n) is 11.2. The summed E-state index contributed by atoms with van der Waals surface area (Å²) in [6.07, 6.45) is 2.47. The van der Waals surface area contributed by atoms with Crippen LogP contribution in [0.5, 0.6) is 0 Å². The summed E-state index contributed by atoms with van der Waals surface area (Å²) in [5, 5.41) is 12.0. The number of carboxylic acid groups (broad SMARTS) is 1. The van der Waals surface area contributed by atoms with Gasteiger partial charge in [-0.2, -0.15) is 0 Å². The number of nitrogens with one attached hydrogen (secondary N) is 1. The van der Waals surface area contributed by atoms with Crippen LogP contribution in [0.25, 0.3) is 6.08 Å². The van der Waals surface area contributed by atoms with Gasteiger partial charge in [0.1, 0.15) is 0 Å². The second-order valence-corrected chi connectivity index (χ2v) is 5.19. The van der Waals surface area contributed by atoms with Gasteiger partial charge in [0.2, 0.25) is 0 Å². The van der Waals surface area contributed by atoms with Crippen molar-refractivity contribution in [2.45, 2.75) is 0 Å². The molecule has 2 aromatic rings. The Labute approximate surface area is 137 Å². The molecule has 0 aliphatic rings. The third-order valence-electron chi connectivity index (χ3n) is 2.74. The smallest absolute Gasteiger partial charge is 0.328 e. The largest absolute Gasteiger partial charge is 0.478 e. The molecule has 0 radical (unpaired) electrons. The van der Waals surface area contributed by atoms with Crippen LogP contribution in [0.1, 0.15) is 15.9 Å². The van der Waals surface area contributed by atoms with Crippen LogP contribution in [0.15, 0.2) is 48.5 Å². The molecule has 0 spiro atoms. The highest BCUT2D eigenvalue weighted by atomic mass is 35.5. The lowest BCUT2D eigenvalue weighted by Crippen LogP contribution is -2.11. The minimum Gasteiger partial charge on any atom is -0.478 e. The van der Waals surface area contributed by atoms with Crippen molar-refractivity contribution in [2.75, 3.05) is 5.32 Å². The van der Waals surface area contributed by atoms with E-state index in [9.17, 15) is 9.59 Å². The number of amides is 1. The van der Waals surface area contributed by atoms with Crippen molar-refractivity contribution in [3.63, 3.8) is 0 Å². The molecule has 112 valence electrons. The second-order valence-electron chi connectivity index (χ2n) is 4.38. The number of anilines is 1. The van der Waals surface area contributed by atoms with Crippen LogP contribution in [0.2, 0.25) is 10.0 Å². The van der Waals surface area contributed by atoms with Crippen molar-refractivity contribution < 1.29 is 14.7 Å². The van der Waals surface area contributed by atoms with Crippen molar-refractivity contribution in [1.29, 1.82) is 0 Å². The SMILES string of the molecule is O=C(O)/C=C/c1cccc(NC(=O)c2ccc(Cl)c(Cl)c2)c1. The van der Waals surface area contributed by atoms with E-state index in [1.807, 2.05) is 0 Å². The average Bonchev–Trinajstić information content (AvgIpc) is 2.48. The number of carbonyl (C=O) groups is 2. The topological polar surface area (TPSA) is 66.4 Å². The molecule has 0 aliphatic carbocycles. The van der Waals surface area contributed by atoms with E-state index in [0.717, 1.165) is 6.08 Å². The Morgan fingerprint density at radius 1 is 1.05 bits per heavy atom. The van der Waals surface area contributed by atoms with Gasteiger partial charge < -0.3 is 10.4 Å². The molecule has 0 aromatic heterocycles. The maximum Gasteiger partial charge on any atom is 0.328 e. The summed E-state index contributed by atoms with van der Waals surface area (Å²) in [7, 11) is 0. The molecule has 0 saturated heterocycles. The number of rotatable bonds is 4. The predicted molar refractivity (Wildman–Crippen MR) is 87.5 cm³/mol. The molecule has 0 bridgehead atoms. The molecular weight excluding hydrogens is 325 g/mol. The lowest BCUT2D eigenvalue weighted by molar-refractivity contribution is -0.131. The van der Waals surface area contributed by atoms with Crippen molar-refractivity contribution in [3.8, 4) is 0 Å². The van der Waals surface area contributed by atoms with Gasteiger partial charge >= 0.3 is 5.97 Å².